The number of aliphatic hydroxyl groups excluding tert-OH is 2. The van der Waals surface area contributed by atoms with Crippen molar-refractivity contribution in [3.63, 3.8) is 0 Å². The highest BCUT2D eigenvalue weighted by Crippen LogP contribution is 2.39. The van der Waals surface area contributed by atoms with Gasteiger partial charge in [-0.3, -0.25) is 9.69 Å². The molecular formula is C21H29N3O4. The number of aliphatic hydroxyl groups is 2. The molecule has 0 spiro atoms. The Labute approximate surface area is 164 Å². The lowest BCUT2D eigenvalue weighted by Crippen LogP contribution is -2.25. The van der Waals surface area contributed by atoms with Crippen molar-refractivity contribution in [1.29, 1.82) is 0 Å². The molecule has 0 amide bonds. The summed E-state index contributed by atoms with van der Waals surface area (Å²) in [7, 11) is 0. The molecule has 3 heterocycles. The SMILES string of the molecule is O=c1[nH]c(CN2CC[C@H](O)C2)nc2c1OC1C=CC(CCCCCCO)=CC21. The van der Waals surface area contributed by atoms with Gasteiger partial charge in [0.1, 0.15) is 17.6 Å². The normalized spacial score (nSPS) is 26.1. The van der Waals surface area contributed by atoms with Crippen LogP contribution in [0.5, 0.6) is 5.75 Å². The molecule has 7 nitrogen and oxygen atoms in total. The first kappa shape index (κ1) is 19.4. The van der Waals surface area contributed by atoms with Crippen LogP contribution < -0.4 is 10.3 Å². The Bertz CT molecular complexity index is 816. The molecule has 0 radical (unpaired) electrons. The van der Waals surface area contributed by atoms with Crippen molar-refractivity contribution >= 4 is 0 Å². The topological polar surface area (TPSA) is 98.7 Å². The van der Waals surface area contributed by atoms with Crippen LogP contribution >= 0.6 is 0 Å². The van der Waals surface area contributed by atoms with Crippen molar-refractivity contribution in [3.05, 3.63) is 45.7 Å². The number of rotatable bonds is 8. The number of ether oxygens (including phenoxy) is 1. The van der Waals surface area contributed by atoms with Crippen molar-refractivity contribution in [2.75, 3.05) is 19.7 Å². The van der Waals surface area contributed by atoms with Gasteiger partial charge >= 0.3 is 0 Å². The molecule has 2 unspecified atom stereocenters. The summed E-state index contributed by atoms with van der Waals surface area (Å²) in [4.78, 5) is 22.2. The Hall–Kier alpha value is -1.96. The van der Waals surface area contributed by atoms with Crippen LogP contribution in [0.2, 0.25) is 0 Å². The van der Waals surface area contributed by atoms with Gasteiger partial charge in [0, 0.05) is 19.7 Å². The van der Waals surface area contributed by atoms with Crippen LogP contribution in [0.1, 0.15) is 56.0 Å². The molecule has 7 heteroatoms. The van der Waals surface area contributed by atoms with Crippen LogP contribution in [-0.4, -0.2) is 57.0 Å². The second kappa shape index (κ2) is 8.59. The average molecular weight is 387 g/mol. The van der Waals surface area contributed by atoms with E-state index in [1.165, 1.54) is 5.57 Å². The smallest absolute Gasteiger partial charge is 0.293 e. The number of likely N-dealkylation sites (tertiary alicyclic amines) is 1. The fourth-order valence-electron chi connectivity index (χ4n) is 4.27. The van der Waals surface area contributed by atoms with E-state index in [-0.39, 0.29) is 30.3 Å². The number of hydrogen-bond donors (Lipinski definition) is 3. The van der Waals surface area contributed by atoms with E-state index < -0.39 is 0 Å². The molecule has 0 bridgehead atoms. The zero-order chi connectivity index (χ0) is 19.5. The second-order valence-corrected chi connectivity index (χ2v) is 8.00. The van der Waals surface area contributed by atoms with Crippen LogP contribution in [0.15, 0.2) is 28.6 Å². The maximum atomic E-state index is 12.5. The number of nitrogens with zero attached hydrogens (tertiary/aromatic N) is 2. The molecular weight excluding hydrogens is 358 g/mol. The van der Waals surface area contributed by atoms with Gasteiger partial charge in [-0.05, 0) is 31.8 Å². The zero-order valence-corrected chi connectivity index (χ0v) is 16.1. The minimum absolute atomic E-state index is 0.0161. The molecule has 3 atom stereocenters. The summed E-state index contributed by atoms with van der Waals surface area (Å²) in [5.74, 6) is 0.957. The molecule has 28 heavy (non-hydrogen) atoms. The van der Waals surface area contributed by atoms with Gasteiger partial charge in [0.15, 0.2) is 0 Å². The molecule has 1 fully saturated rings. The van der Waals surface area contributed by atoms with Crippen LogP contribution in [0.25, 0.3) is 0 Å². The first-order valence-corrected chi connectivity index (χ1v) is 10.3. The Balaban J connectivity index is 1.46. The van der Waals surface area contributed by atoms with Gasteiger partial charge < -0.3 is 19.9 Å². The van der Waals surface area contributed by atoms with Crippen molar-refractivity contribution < 1.29 is 14.9 Å². The standard InChI is InChI=1S/C21H29N3O4/c25-10-4-2-1-3-5-14-6-7-17-16(11-14)19-20(28-17)21(27)23-18(22-19)13-24-9-8-15(26)12-24/h6-7,11,15-17,25-26H,1-5,8-10,12-13H2,(H,22,23,27)/t15-,16?,17?/m0/s1. The van der Waals surface area contributed by atoms with Crippen LogP contribution in [0, 0.1) is 0 Å². The fourth-order valence-corrected chi connectivity index (χ4v) is 4.27. The minimum atomic E-state index is -0.291. The van der Waals surface area contributed by atoms with E-state index >= 15 is 0 Å². The summed E-state index contributed by atoms with van der Waals surface area (Å²) in [6.07, 6.45) is 11.7. The monoisotopic (exact) mass is 387 g/mol. The molecule has 3 N–H and O–H groups in total. The van der Waals surface area contributed by atoms with Gasteiger partial charge in [-0.25, -0.2) is 4.98 Å². The third kappa shape index (κ3) is 4.21. The van der Waals surface area contributed by atoms with Gasteiger partial charge in [-0.2, -0.15) is 0 Å². The predicted molar refractivity (Wildman–Crippen MR) is 105 cm³/mol. The number of nitrogens with one attached hydrogen (secondary N) is 1. The van der Waals surface area contributed by atoms with Gasteiger partial charge in [0.05, 0.1) is 18.6 Å². The number of hydrogen-bond acceptors (Lipinski definition) is 6. The van der Waals surface area contributed by atoms with Crippen LogP contribution in [0.4, 0.5) is 0 Å². The lowest BCUT2D eigenvalue weighted by atomic mass is 9.90. The Morgan fingerprint density at radius 3 is 2.93 bits per heavy atom. The molecule has 1 saturated heterocycles. The summed E-state index contributed by atoms with van der Waals surface area (Å²) >= 11 is 0. The Morgan fingerprint density at radius 2 is 2.14 bits per heavy atom. The molecule has 152 valence electrons. The molecule has 3 aliphatic rings. The van der Waals surface area contributed by atoms with Crippen molar-refractivity contribution in [3.8, 4) is 5.75 Å². The third-order valence-corrected chi connectivity index (χ3v) is 5.76. The number of H-pyrrole nitrogens is 1. The van der Waals surface area contributed by atoms with Gasteiger partial charge in [0.25, 0.3) is 5.56 Å². The number of unbranched alkanes of at least 4 members (excludes halogenated alkanes) is 3. The fraction of sp³-hybridized carbons (Fsp3) is 0.619. The number of aromatic nitrogens is 2. The minimum Gasteiger partial charge on any atom is -0.478 e. The quantitative estimate of drug-likeness (QED) is 0.587. The van der Waals surface area contributed by atoms with Crippen molar-refractivity contribution in [2.45, 2.75) is 63.2 Å². The van der Waals surface area contributed by atoms with Crippen LogP contribution in [0.3, 0.4) is 0 Å². The lowest BCUT2D eigenvalue weighted by Gasteiger charge is -2.18. The number of fused-ring (bicyclic) bond motifs is 3. The van der Waals surface area contributed by atoms with Gasteiger partial charge in [0.2, 0.25) is 5.75 Å². The summed E-state index contributed by atoms with van der Waals surface area (Å²) in [5, 5.41) is 18.6. The van der Waals surface area contributed by atoms with E-state index in [0.29, 0.717) is 24.7 Å². The summed E-state index contributed by atoms with van der Waals surface area (Å²) in [5.41, 5.74) is 1.76. The Morgan fingerprint density at radius 1 is 1.29 bits per heavy atom. The number of allylic oxidation sites excluding steroid dienone is 2. The molecule has 4 rings (SSSR count). The Kier molecular flexibility index (Phi) is 5.94. The summed E-state index contributed by atoms with van der Waals surface area (Å²) in [6.45, 7) is 2.23. The molecule has 0 saturated carbocycles. The van der Waals surface area contributed by atoms with Gasteiger partial charge in [-0.15, -0.1) is 0 Å². The lowest BCUT2D eigenvalue weighted by molar-refractivity contribution is 0.174. The van der Waals surface area contributed by atoms with Crippen molar-refractivity contribution in [2.24, 2.45) is 0 Å². The molecule has 1 aromatic rings. The average Bonchev–Trinajstić information content (AvgIpc) is 3.25. The van der Waals surface area contributed by atoms with E-state index in [4.69, 9.17) is 14.8 Å². The molecule has 1 aliphatic carbocycles. The largest absolute Gasteiger partial charge is 0.478 e. The van der Waals surface area contributed by atoms with Gasteiger partial charge in [-0.1, -0.05) is 30.6 Å². The molecule has 2 aliphatic heterocycles. The number of β-amino-alcohol motifs (C(OH)–C–C–N with tert-alkyl or cyclic N) is 1. The highest BCUT2D eigenvalue weighted by molar-refractivity contribution is 5.44. The predicted octanol–water partition coefficient (Wildman–Crippen LogP) is 1.62. The molecule has 1 aromatic heterocycles. The first-order valence-electron chi connectivity index (χ1n) is 10.3. The summed E-state index contributed by atoms with van der Waals surface area (Å²) in [6, 6.07) is 0. The highest BCUT2D eigenvalue weighted by Gasteiger charge is 2.37. The first-order chi connectivity index (χ1) is 13.6. The summed E-state index contributed by atoms with van der Waals surface area (Å²) < 4.78 is 5.87. The third-order valence-electron chi connectivity index (χ3n) is 5.76. The van der Waals surface area contributed by atoms with E-state index in [9.17, 15) is 9.90 Å². The van der Waals surface area contributed by atoms with E-state index in [1.54, 1.807) is 0 Å². The zero-order valence-electron chi connectivity index (χ0n) is 16.1. The molecule has 0 aromatic carbocycles. The second-order valence-electron chi connectivity index (χ2n) is 8.00. The van der Waals surface area contributed by atoms with Crippen LogP contribution in [-0.2, 0) is 6.54 Å². The maximum Gasteiger partial charge on any atom is 0.293 e. The van der Waals surface area contributed by atoms with E-state index in [2.05, 4.69) is 22.0 Å². The number of aromatic amines is 1. The van der Waals surface area contributed by atoms with E-state index in [1.807, 2.05) is 6.08 Å². The van der Waals surface area contributed by atoms with E-state index in [0.717, 1.165) is 50.8 Å². The maximum absolute atomic E-state index is 12.5. The highest BCUT2D eigenvalue weighted by atomic mass is 16.5. The van der Waals surface area contributed by atoms with Crippen molar-refractivity contribution in [1.82, 2.24) is 14.9 Å².